The number of nitrogens with one attached hydrogen (secondary N) is 2. The number of esters is 1. The van der Waals surface area contributed by atoms with Gasteiger partial charge in [-0.2, -0.15) is 0 Å². The monoisotopic (exact) mass is 500 g/mol. The number of hydrogen-bond acceptors (Lipinski definition) is 7. The van der Waals surface area contributed by atoms with Gasteiger partial charge in [0.25, 0.3) is 5.91 Å². The van der Waals surface area contributed by atoms with Crippen LogP contribution in [0, 0.1) is 5.92 Å². The van der Waals surface area contributed by atoms with Crippen LogP contribution in [0.5, 0.6) is 0 Å². The zero-order valence-electron chi connectivity index (χ0n) is 16.3. The van der Waals surface area contributed by atoms with Crippen LogP contribution in [-0.4, -0.2) is 59.4 Å². The van der Waals surface area contributed by atoms with Crippen molar-refractivity contribution in [3.8, 4) is 0 Å². The summed E-state index contributed by atoms with van der Waals surface area (Å²) in [6.07, 6.45) is 0.287. The van der Waals surface area contributed by atoms with Crippen molar-refractivity contribution >= 4 is 54.9 Å². The molecule has 30 heavy (non-hydrogen) atoms. The van der Waals surface area contributed by atoms with Crippen molar-refractivity contribution in [1.82, 2.24) is 10.0 Å². The van der Waals surface area contributed by atoms with E-state index in [1.165, 1.54) is 0 Å². The molecule has 1 heterocycles. The minimum Gasteiger partial charge on any atom is -0.452 e. The molecule has 1 atom stereocenters. The lowest BCUT2D eigenvalue weighted by atomic mass is 10.2. The van der Waals surface area contributed by atoms with E-state index in [1.54, 1.807) is 0 Å². The van der Waals surface area contributed by atoms with E-state index in [0.717, 1.165) is 12.1 Å². The Kier molecular flexibility index (Phi) is 8.14. The van der Waals surface area contributed by atoms with Gasteiger partial charge in [-0.05, 0) is 24.5 Å². The molecule has 1 amide bonds. The summed E-state index contributed by atoms with van der Waals surface area (Å²) in [6, 6.07) is 1.55. The van der Waals surface area contributed by atoms with E-state index in [9.17, 15) is 26.4 Å². The van der Waals surface area contributed by atoms with Crippen LogP contribution in [0.25, 0.3) is 0 Å². The summed E-state index contributed by atoms with van der Waals surface area (Å²) in [5.74, 6) is -1.84. The summed E-state index contributed by atoms with van der Waals surface area (Å²) in [5, 5.41) is 2.16. The summed E-state index contributed by atoms with van der Waals surface area (Å²) < 4.78 is 55.0. The number of sulfone groups is 1. The Labute approximate surface area is 185 Å². The molecule has 1 aliphatic heterocycles. The van der Waals surface area contributed by atoms with Gasteiger partial charge in [0.2, 0.25) is 10.0 Å². The zero-order valence-corrected chi connectivity index (χ0v) is 19.4. The standard InChI is InChI=1S/C17H22Cl2N2O7S2/c1-10(2)7-20-30(26,27)15-5-12(13(18)6-14(15)19)17(23)28-8-16(22)21-11-3-4-29(24,25)9-11/h5-6,10-11,20H,3-4,7-9H2,1-2H3,(H,21,22)/t11-/m0/s1. The molecule has 168 valence electrons. The number of rotatable bonds is 8. The Hall–Kier alpha value is -1.40. The third-order valence-corrected chi connectivity index (χ3v) is 8.11. The van der Waals surface area contributed by atoms with E-state index < -0.39 is 44.4 Å². The number of ether oxygens (including phenoxy) is 1. The molecule has 0 saturated carbocycles. The topological polar surface area (TPSA) is 136 Å². The summed E-state index contributed by atoms with van der Waals surface area (Å²) in [5.41, 5.74) is -0.276. The molecular formula is C17H22Cl2N2O7S2. The smallest absolute Gasteiger partial charge is 0.340 e. The Balaban J connectivity index is 2.07. The molecule has 13 heteroatoms. The van der Waals surface area contributed by atoms with Gasteiger partial charge in [0, 0.05) is 12.6 Å². The first-order chi connectivity index (χ1) is 13.8. The van der Waals surface area contributed by atoms with Gasteiger partial charge in [-0.15, -0.1) is 0 Å². The van der Waals surface area contributed by atoms with Gasteiger partial charge in [0.05, 0.1) is 27.1 Å². The number of carbonyl (C=O) groups excluding carboxylic acids is 2. The molecule has 0 bridgehead atoms. The number of carbonyl (C=O) groups is 2. The van der Waals surface area contributed by atoms with Gasteiger partial charge in [-0.1, -0.05) is 37.0 Å². The summed E-state index contributed by atoms with van der Waals surface area (Å²) in [6.45, 7) is 3.13. The average Bonchev–Trinajstić information content (AvgIpc) is 2.96. The highest BCUT2D eigenvalue weighted by Crippen LogP contribution is 2.29. The maximum atomic E-state index is 12.5. The van der Waals surface area contributed by atoms with Crippen molar-refractivity contribution in [1.29, 1.82) is 0 Å². The number of sulfonamides is 1. The maximum absolute atomic E-state index is 12.5. The fraction of sp³-hybridized carbons (Fsp3) is 0.529. The van der Waals surface area contributed by atoms with E-state index in [4.69, 9.17) is 27.9 Å². The maximum Gasteiger partial charge on any atom is 0.340 e. The number of amides is 1. The molecule has 1 aromatic carbocycles. The first kappa shape index (κ1) is 24.9. The molecule has 0 unspecified atom stereocenters. The number of hydrogen-bond donors (Lipinski definition) is 2. The van der Waals surface area contributed by atoms with Crippen LogP contribution in [0.3, 0.4) is 0 Å². The van der Waals surface area contributed by atoms with Crippen molar-refractivity contribution in [2.75, 3.05) is 24.7 Å². The van der Waals surface area contributed by atoms with Crippen LogP contribution in [0.2, 0.25) is 10.0 Å². The first-order valence-corrected chi connectivity index (χ1v) is 13.0. The molecular weight excluding hydrogens is 479 g/mol. The van der Waals surface area contributed by atoms with Crippen molar-refractivity contribution < 1.29 is 31.2 Å². The molecule has 2 rings (SSSR count). The van der Waals surface area contributed by atoms with E-state index in [1.807, 2.05) is 13.8 Å². The fourth-order valence-corrected chi connectivity index (χ4v) is 6.37. The molecule has 9 nitrogen and oxygen atoms in total. The SMILES string of the molecule is CC(C)CNS(=O)(=O)c1cc(C(=O)OCC(=O)N[C@H]2CCS(=O)(=O)C2)c(Cl)cc1Cl. The molecule has 0 spiro atoms. The minimum absolute atomic E-state index is 0.0137. The van der Waals surface area contributed by atoms with Crippen LogP contribution in [0.4, 0.5) is 0 Å². The number of benzene rings is 1. The van der Waals surface area contributed by atoms with Crippen LogP contribution in [-0.2, 0) is 29.4 Å². The van der Waals surface area contributed by atoms with Crippen LogP contribution >= 0.6 is 23.2 Å². The van der Waals surface area contributed by atoms with Gasteiger partial charge in [-0.3, -0.25) is 4.79 Å². The molecule has 2 N–H and O–H groups in total. The lowest BCUT2D eigenvalue weighted by molar-refractivity contribution is -0.124. The quantitative estimate of drug-likeness (QED) is 0.514. The Morgan fingerprint density at radius 2 is 1.90 bits per heavy atom. The second-order valence-electron chi connectivity index (χ2n) is 7.25. The fourth-order valence-electron chi connectivity index (χ4n) is 2.63. The lowest BCUT2D eigenvalue weighted by Crippen LogP contribution is -2.38. The van der Waals surface area contributed by atoms with Crippen molar-refractivity contribution in [3.05, 3.63) is 27.7 Å². The molecule has 0 radical (unpaired) electrons. The second kappa shape index (κ2) is 9.82. The van der Waals surface area contributed by atoms with Crippen LogP contribution in [0.1, 0.15) is 30.6 Å². The van der Waals surface area contributed by atoms with E-state index >= 15 is 0 Å². The molecule has 1 saturated heterocycles. The molecule has 1 aliphatic rings. The van der Waals surface area contributed by atoms with Crippen molar-refractivity contribution in [2.45, 2.75) is 31.2 Å². The molecule has 0 aliphatic carbocycles. The van der Waals surface area contributed by atoms with Crippen LogP contribution < -0.4 is 10.0 Å². The van der Waals surface area contributed by atoms with Crippen molar-refractivity contribution in [2.24, 2.45) is 5.92 Å². The van der Waals surface area contributed by atoms with Gasteiger partial charge in [-0.25, -0.2) is 26.4 Å². The third kappa shape index (κ3) is 6.81. The van der Waals surface area contributed by atoms with Gasteiger partial charge in [0.1, 0.15) is 4.90 Å². The molecule has 0 aromatic heterocycles. The number of halogens is 2. The highest BCUT2D eigenvalue weighted by molar-refractivity contribution is 7.91. The normalized spacial score (nSPS) is 18.4. The predicted molar refractivity (Wildman–Crippen MR) is 112 cm³/mol. The van der Waals surface area contributed by atoms with Gasteiger partial charge in [0.15, 0.2) is 16.4 Å². The summed E-state index contributed by atoms with van der Waals surface area (Å²) in [7, 11) is -7.17. The van der Waals surface area contributed by atoms with Crippen molar-refractivity contribution in [3.63, 3.8) is 0 Å². The Morgan fingerprint density at radius 3 is 2.47 bits per heavy atom. The minimum atomic E-state index is -4.00. The van der Waals surface area contributed by atoms with E-state index in [0.29, 0.717) is 0 Å². The van der Waals surface area contributed by atoms with Gasteiger partial charge >= 0.3 is 5.97 Å². The Morgan fingerprint density at radius 1 is 1.23 bits per heavy atom. The largest absolute Gasteiger partial charge is 0.452 e. The zero-order chi connectivity index (χ0) is 22.7. The van der Waals surface area contributed by atoms with E-state index in [2.05, 4.69) is 10.0 Å². The third-order valence-electron chi connectivity index (χ3n) is 4.14. The first-order valence-electron chi connectivity index (χ1n) is 8.96. The van der Waals surface area contributed by atoms with Gasteiger partial charge < -0.3 is 10.1 Å². The predicted octanol–water partition coefficient (Wildman–Crippen LogP) is 1.39. The Bertz CT molecular complexity index is 1040. The second-order valence-corrected chi connectivity index (χ2v) is 12.0. The average molecular weight is 501 g/mol. The van der Waals surface area contributed by atoms with E-state index in [-0.39, 0.29) is 50.9 Å². The summed E-state index contributed by atoms with van der Waals surface area (Å²) in [4.78, 5) is 23.9. The highest BCUT2D eigenvalue weighted by Gasteiger charge is 2.29. The lowest BCUT2D eigenvalue weighted by Gasteiger charge is -2.13. The molecule has 1 fully saturated rings. The highest BCUT2D eigenvalue weighted by atomic mass is 35.5. The van der Waals surface area contributed by atoms with Crippen LogP contribution in [0.15, 0.2) is 17.0 Å². The molecule has 1 aromatic rings. The summed E-state index contributed by atoms with van der Waals surface area (Å²) >= 11 is 12.0.